The third-order valence-electron chi connectivity index (χ3n) is 4.33. The SMILES string of the molecule is CCCCCCCCCCCCNC(=O)C(N)CCCN=C(N)N[N+](=O)[O-]. The zero-order chi connectivity index (χ0) is 20.3. The first kappa shape index (κ1) is 25.1. The number of nitro groups is 1. The van der Waals surface area contributed by atoms with Gasteiger partial charge < -0.3 is 16.8 Å². The average Bonchev–Trinajstić information content (AvgIpc) is 2.62. The number of hydrogen-bond acceptors (Lipinski definition) is 5. The highest BCUT2D eigenvalue weighted by atomic mass is 16.7. The first-order chi connectivity index (χ1) is 13.0. The van der Waals surface area contributed by atoms with E-state index in [2.05, 4.69) is 17.2 Å². The second-order valence-electron chi connectivity index (χ2n) is 6.86. The number of hydrazine groups is 1. The number of hydrogen-bond donors (Lipinski definition) is 4. The van der Waals surface area contributed by atoms with E-state index in [1.54, 1.807) is 5.43 Å². The Morgan fingerprint density at radius 3 is 2.15 bits per heavy atom. The molecular weight excluding hydrogens is 348 g/mol. The van der Waals surface area contributed by atoms with Crippen LogP contribution in [0.25, 0.3) is 0 Å². The van der Waals surface area contributed by atoms with Crippen molar-refractivity contribution in [3.05, 3.63) is 10.1 Å². The Labute approximate surface area is 162 Å². The van der Waals surface area contributed by atoms with Gasteiger partial charge in [0.25, 0.3) is 5.96 Å². The number of carbonyl (C=O) groups excluding carboxylic acids is 1. The van der Waals surface area contributed by atoms with Crippen molar-refractivity contribution >= 4 is 11.9 Å². The molecule has 0 rings (SSSR count). The summed E-state index contributed by atoms with van der Waals surface area (Å²) in [6.07, 6.45) is 13.6. The maximum absolute atomic E-state index is 11.9. The molecule has 158 valence electrons. The summed E-state index contributed by atoms with van der Waals surface area (Å²) in [5.41, 5.74) is 12.9. The first-order valence-corrected chi connectivity index (χ1v) is 10.2. The molecule has 1 atom stereocenters. The smallest absolute Gasteiger partial charge is 0.251 e. The minimum absolute atomic E-state index is 0.161. The number of guanidine groups is 1. The van der Waals surface area contributed by atoms with Gasteiger partial charge in [-0.2, -0.15) is 0 Å². The van der Waals surface area contributed by atoms with Crippen molar-refractivity contribution in [2.75, 3.05) is 13.1 Å². The van der Waals surface area contributed by atoms with Gasteiger partial charge in [0.15, 0.2) is 5.03 Å². The molecule has 0 aliphatic heterocycles. The molecule has 9 heteroatoms. The van der Waals surface area contributed by atoms with Gasteiger partial charge in [-0.3, -0.25) is 4.79 Å². The Morgan fingerprint density at radius 1 is 1.04 bits per heavy atom. The van der Waals surface area contributed by atoms with E-state index < -0.39 is 11.1 Å². The maximum atomic E-state index is 11.9. The van der Waals surface area contributed by atoms with Crippen molar-refractivity contribution in [3.8, 4) is 0 Å². The fraction of sp³-hybridized carbons (Fsp3) is 0.889. The van der Waals surface area contributed by atoms with E-state index >= 15 is 0 Å². The number of rotatable bonds is 17. The number of carbonyl (C=O) groups is 1. The monoisotopic (exact) mass is 386 g/mol. The summed E-state index contributed by atoms with van der Waals surface area (Å²) < 4.78 is 0. The first-order valence-electron chi connectivity index (χ1n) is 10.2. The molecule has 9 nitrogen and oxygen atoms in total. The summed E-state index contributed by atoms with van der Waals surface area (Å²) in [6, 6.07) is -0.590. The van der Waals surface area contributed by atoms with Gasteiger partial charge in [-0.05, 0) is 19.3 Å². The normalized spacial score (nSPS) is 12.6. The van der Waals surface area contributed by atoms with Crippen LogP contribution in [-0.4, -0.2) is 36.0 Å². The van der Waals surface area contributed by atoms with Crippen molar-refractivity contribution in [2.24, 2.45) is 16.5 Å². The average molecular weight is 387 g/mol. The highest BCUT2D eigenvalue weighted by Crippen LogP contribution is 2.10. The van der Waals surface area contributed by atoms with Crippen LogP contribution < -0.4 is 22.2 Å². The quantitative estimate of drug-likeness (QED) is 0.0990. The maximum Gasteiger partial charge on any atom is 0.251 e. The van der Waals surface area contributed by atoms with E-state index in [1.807, 2.05) is 0 Å². The van der Waals surface area contributed by atoms with Crippen LogP contribution in [0.1, 0.15) is 84.0 Å². The summed E-state index contributed by atoms with van der Waals surface area (Å²) >= 11 is 0. The van der Waals surface area contributed by atoms with E-state index in [0.29, 0.717) is 19.4 Å². The Kier molecular flexibility index (Phi) is 16.3. The van der Waals surface area contributed by atoms with Crippen LogP contribution in [0.4, 0.5) is 0 Å². The predicted molar refractivity (Wildman–Crippen MR) is 109 cm³/mol. The molecule has 0 bridgehead atoms. The van der Waals surface area contributed by atoms with E-state index in [0.717, 1.165) is 12.8 Å². The second-order valence-corrected chi connectivity index (χ2v) is 6.86. The lowest BCUT2D eigenvalue weighted by molar-refractivity contribution is -0.525. The number of nitrogens with one attached hydrogen (secondary N) is 2. The summed E-state index contributed by atoms with van der Waals surface area (Å²) in [4.78, 5) is 25.8. The second kappa shape index (κ2) is 17.5. The molecule has 0 aliphatic rings. The van der Waals surface area contributed by atoms with E-state index in [-0.39, 0.29) is 18.4 Å². The molecule has 0 heterocycles. The fourth-order valence-corrected chi connectivity index (χ4v) is 2.73. The van der Waals surface area contributed by atoms with Crippen molar-refractivity contribution in [3.63, 3.8) is 0 Å². The largest absolute Gasteiger partial charge is 0.365 e. The molecule has 1 unspecified atom stereocenters. The molecule has 0 spiro atoms. The zero-order valence-electron chi connectivity index (χ0n) is 16.8. The molecule has 0 aliphatic carbocycles. The lowest BCUT2D eigenvalue weighted by atomic mass is 10.1. The summed E-state index contributed by atoms with van der Waals surface area (Å²) in [6.45, 7) is 3.17. The number of aliphatic imine (C=N–C) groups is 1. The summed E-state index contributed by atoms with van der Waals surface area (Å²) in [5.74, 6) is -0.412. The van der Waals surface area contributed by atoms with E-state index in [9.17, 15) is 14.9 Å². The Balaban J connectivity index is 3.52. The molecule has 6 N–H and O–H groups in total. The number of unbranched alkanes of at least 4 members (excludes halogenated alkanes) is 9. The standard InChI is InChI=1S/C18H38N6O3/c1-2-3-4-5-6-7-8-9-10-11-14-21-17(25)16(19)13-12-15-22-18(20)23-24(26)27/h16H,2-15,19H2,1H3,(H,21,25)(H3,20,22,23). The van der Waals surface area contributed by atoms with Gasteiger partial charge >= 0.3 is 0 Å². The van der Waals surface area contributed by atoms with Gasteiger partial charge in [0, 0.05) is 13.1 Å². The van der Waals surface area contributed by atoms with Crippen molar-refractivity contribution in [2.45, 2.75) is 90.0 Å². The lowest BCUT2D eigenvalue weighted by Gasteiger charge is -2.11. The molecule has 0 aromatic heterocycles. The molecule has 0 aromatic carbocycles. The number of amides is 1. The highest BCUT2D eigenvalue weighted by molar-refractivity contribution is 5.81. The van der Waals surface area contributed by atoms with Crippen LogP contribution in [0.2, 0.25) is 0 Å². The Morgan fingerprint density at radius 2 is 1.59 bits per heavy atom. The van der Waals surface area contributed by atoms with Gasteiger partial charge in [0.2, 0.25) is 5.91 Å². The van der Waals surface area contributed by atoms with Crippen LogP contribution in [0.5, 0.6) is 0 Å². The van der Waals surface area contributed by atoms with E-state index in [4.69, 9.17) is 11.5 Å². The molecule has 0 radical (unpaired) electrons. The van der Waals surface area contributed by atoms with Gasteiger partial charge in [-0.1, -0.05) is 70.1 Å². The minimum Gasteiger partial charge on any atom is -0.365 e. The molecule has 1 amide bonds. The molecular formula is C18H38N6O3. The van der Waals surface area contributed by atoms with Crippen LogP contribution in [0.15, 0.2) is 4.99 Å². The Bertz CT molecular complexity index is 431. The van der Waals surface area contributed by atoms with Gasteiger partial charge in [0.05, 0.1) is 6.04 Å². The van der Waals surface area contributed by atoms with Crippen LogP contribution in [0, 0.1) is 10.1 Å². The van der Waals surface area contributed by atoms with Crippen LogP contribution in [0.3, 0.4) is 0 Å². The van der Waals surface area contributed by atoms with Gasteiger partial charge in [0.1, 0.15) is 0 Å². The molecule has 0 aromatic rings. The highest BCUT2D eigenvalue weighted by Gasteiger charge is 2.12. The van der Waals surface area contributed by atoms with Crippen molar-refractivity contribution in [1.29, 1.82) is 0 Å². The Hall–Kier alpha value is -1.90. The summed E-state index contributed by atoms with van der Waals surface area (Å²) in [7, 11) is 0. The lowest BCUT2D eigenvalue weighted by Crippen LogP contribution is -2.41. The van der Waals surface area contributed by atoms with Crippen LogP contribution in [-0.2, 0) is 4.79 Å². The molecule has 0 saturated heterocycles. The topological polar surface area (TPSA) is 149 Å². The third kappa shape index (κ3) is 17.3. The zero-order valence-corrected chi connectivity index (χ0v) is 16.8. The van der Waals surface area contributed by atoms with Crippen LogP contribution >= 0.6 is 0 Å². The fourth-order valence-electron chi connectivity index (χ4n) is 2.73. The molecule has 0 saturated carbocycles. The number of nitrogens with zero attached hydrogens (tertiary/aromatic N) is 2. The number of nitrogens with two attached hydrogens (primary N) is 2. The van der Waals surface area contributed by atoms with Crippen molar-refractivity contribution < 1.29 is 9.83 Å². The predicted octanol–water partition coefficient (Wildman–Crippen LogP) is 2.23. The summed E-state index contributed by atoms with van der Waals surface area (Å²) in [5, 5.41) is 12.2. The van der Waals surface area contributed by atoms with Gasteiger partial charge in [-0.25, -0.2) is 15.1 Å². The van der Waals surface area contributed by atoms with Gasteiger partial charge in [-0.15, -0.1) is 0 Å². The minimum atomic E-state index is -0.772. The van der Waals surface area contributed by atoms with E-state index in [1.165, 1.54) is 51.4 Å². The molecule has 27 heavy (non-hydrogen) atoms. The van der Waals surface area contributed by atoms with Crippen molar-refractivity contribution in [1.82, 2.24) is 10.7 Å². The molecule has 0 fully saturated rings. The third-order valence-corrected chi connectivity index (χ3v) is 4.33.